The molecule has 9 heavy (non-hydrogen) atoms. The highest BCUT2D eigenvalue weighted by Crippen LogP contribution is 2.06. The quantitative estimate of drug-likeness (QED) is 0.481. The second-order valence-corrected chi connectivity index (χ2v) is 1.76. The molecule has 0 saturated heterocycles. The van der Waals surface area contributed by atoms with E-state index in [1.165, 1.54) is 6.20 Å². The van der Waals surface area contributed by atoms with Gasteiger partial charge < -0.3 is 0 Å². The molecule has 0 radical (unpaired) electrons. The SMILES string of the molecule is O=CC1=NC=CCC1F. The van der Waals surface area contributed by atoms with Crippen LogP contribution in [0, 0.1) is 0 Å². The lowest BCUT2D eigenvalue weighted by molar-refractivity contribution is -0.103. The zero-order valence-electron chi connectivity index (χ0n) is 4.75. The molecule has 1 heterocycles. The maximum absolute atomic E-state index is 12.4. The number of aliphatic imine (C=N–C) groups is 1. The fourth-order valence-electron chi connectivity index (χ4n) is 0.625. The lowest BCUT2D eigenvalue weighted by Gasteiger charge is -2.04. The van der Waals surface area contributed by atoms with E-state index >= 15 is 0 Å². The van der Waals surface area contributed by atoms with E-state index in [1.807, 2.05) is 0 Å². The van der Waals surface area contributed by atoms with Gasteiger partial charge in [0.2, 0.25) is 0 Å². The molecule has 0 spiro atoms. The number of nitrogens with zero attached hydrogens (tertiary/aromatic N) is 1. The molecule has 1 aliphatic rings. The Balaban J connectivity index is 2.74. The van der Waals surface area contributed by atoms with Crippen molar-refractivity contribution in [1.29, 1.82) is 0 Å². The first-order chi connectivity index (χ1) is 4.34. The third-order valence-electron chi connectivity index (χ3n) is 1.11. The lowest BCUT2D eigenvalue weighted by Crippen LogP contribution is -2.17. The third-order valence-corrected chi connectivity index (χ3v) is 1.11. The Labute approximate surface area is 52.1 Å². The Kier molecular flexibility index (Phi) is 1.72. The van der Waals surface area contributed by atoms with E-state index in [0.717, 1.165) is 0 Å². The van der Waals surface area contributed by atoms with E-state index in [0.29, 0.717) is 6.29 Å². The van der Waals surface area contributed by atoms with Crippen LogP contribution in [0.15, 0.2) is 17.3 Å². The Morgan fingerprint density at radius 1 is 1.89 bits per heavy atom. The number of carbonyl (C=O) groups excluding carboxylic acids is 1. The Hall–Kier alpha value is -0.990. The van der Waals surface area contributed by atoms with Crippen LogP contribution in [0.4, 0.5) is 4.39 Å². The van der Waals surface area contributed by atoms with Crippen LogP contribution in [0.1, 0.15) is 6.42 Å². The molecule has 0 amide bonds. The van der Waals surface area contributed by atoms with Gasteiger partial charge in [0.25, 0.3) is 0 Å². The topological polar surface area (TPSA) is 29.4 Å². The number of hydrogen-bond donors (Lipinski definition) is 0. The van der Waals surface area contributed by atoms with Crippen LogP contribution in [0.25, 0.3) is 0 Å². The largest absolute Gasteiger partial charge is 0.296 e. The number of rotatable bonds is 1. The molecular formula is C6H6FNO. The molecule has 0 saturated carbocycles. The first kappa shape index (κ1) is 6.13. The van der Waals surface area contributed by atoms with Crippen molar-refractivity contribution in [2.24, 2.45) is 4.99 Å². The highest BCUT2D eigenvalue weighted by Gasteiger charge is 2.13. The van der Waals surface area contributed by atoms with Crippen molar-refractivity contribution in [1.82, 2.24) is 0 Å². The summed E-state index contributed by atoms with van der Waals surface area (Å²) < 4.78 is 12.4. The molecule has 0 aromatic carbocycles. The van der Waals surface area contributed by atoms with Crippen molar-refractivity contribution < 1.29 is 9.18 Å². The fourth-order valence-corrected chi connectivity index (χ4v) is 0.625. The normalized spacial score (nSPS) is 25.4. The molecule has 0 aromatic heterocycles. The molecule has 0 fully saturated rings. The summed E-state index contributed by atoms with van der Waals surface area (Å²) in [4.78, 5) is 13.5. The van der Waals surface area contributed by atoms with E-state index in [2.05, 4.69) is 4.99 Å². The highest BCUT2D eigenvalue weighted by molar-refractivity contribution is 6.30. The smallest absolute Gasteiger partial charge is 0.167 e. The second kappa shape index (κ2) is 2.53. The summed E-state index contributed by atoms with van der Waals surface area (Å²) >= 11 is 0. The average molecular weight is 127 g/mol. The molecule has 0 N–H and O–H groups in total. The Morgan fingerprint density at radius 2 is 2.67 bits per heavy atom. The van der Waals surface area contributed by atoms with Gasteiger partial charge in [-0.25, -0.2) is 4.39 Å². The number of hydrogen-bond acceptors (Lipinski definition) is 2. The number of carbonyl (C=O) groups is 1. The monoisotopic (exact) mass is 127 g/mol. The van der Waals surface area contributed by atoms with Gasteiger partial charge in [0.05, 0.1) is 0 Å². The van der Waals surface area contributed by atoms with Crippen LogP contribution in [-0.2, 0) is 4.79 Å². The average Bonchev–Trinajstić information content (AvgIpc) is 1.89. The van der Waals surface area contributed by atoms with E-state index < -0.39 is 6.17 Å². The first-order valence-corrected chi connectivity index (χ1v) is 2.66. The molecule has 1 atom stereocenters. The Morgan fingerprint density at radius 3 is 3.11 bits per heavy atom. The maximum Gasteiger partial charge on any atom is 0.167 e. The Bertz CT molecular complexity index is 174. The van der Waals surface area contributed by atoms with Gasteiger partial charge >= 0.3 is 0 Å². The van der Waals surface area contributed by atoms with Crippen LogP contribution >= 0.6 is 0 Å². The second-order valence-electron chi connectivity index (χ2n) is 1.76. The molecule has 1 aliphatic heterocycles. The summed E-state index contributed by atoms with van der Waals surface area (Å²) in [5, 5.41) is 0. The summed E-state index contributed by atoms with van der Waals surface area (Å²) in [6, 6.07) is 0. The predicted octanol–water partition coefficient (Wildman–Crippen LogP) is 0.882. The van der Waals surface area contributed by atoms with Gasteiger partial charge in [0.15, 0.2) is 6.29 Å². The summed E-state index contributed by atoms with van der Waals surface area (Å²) in [6.45, 7) is 0. The van der Waals surface area contributed by atoms with Gasteiger partial charge in [0.1, 0.15) is 11.9 Å². The highest BCUT2D eigenvalue weighted by atomic mass is 19.1. The lowest BCUT2D eigenvalue weighted by atomic mass is 10.1. The van der Waals surface area contributed by atoms with Crippen molar-refractivity contribution in [3.63, 3.8) is 0 Å². The fraction of sp³-hybridized carbons (Fsp3) is 0.333. The van der Waals surface area contributed by atoms with E-state index in [-0.39, 0.29) is 12.1 Å². The molecular weight excluding hydrogens is 121 g/mol. The number of allylic oxidation sites excluding steroid dienone is 1. The van der Waals surface area contributed by atoms with Crippen molar-refractivity contribution in [3.05, 3.63) is 12.3 Å². The molecule has 0 bridgehead atoms. The first-order valence-electron chi connectivity index (χ1n) is 2.66. The van der Waals surface area contributed by atoms with Gasteiger partial charge in [0, 0.05) is 12.6 Å². The minimum absolute atomic E-state index is 0.00231. The van der Waals surface area contributed by atoms with Crippen molar-refractivity contribution in [3.8, 4) is 0 Å². The van der Waals surface area contributed by atoms with Gasteiger partial charge in [-0.05, 0) is 0 Å². The predicted molar refractivity (Wildman–Crippen MR) is 32.2 cm³/mol. The maximum atomic E-state index is 12.4. The molecule has 48 valence electrons. The van der Waals surface area contributed by atoms with Crippen molar-refractivity contribution in [2.75, 3.05) is 0 Å². The molecule has 1 rings (SSSR count). The van der Waals surface area contributed by atoms with Crippen molar-refractivity contribution in [2.45, 2.75) is 12.6 Å². The van der Waals surface area contributed by atoms with E-state index in [1.54, 1.807) is 6.08 Å². The summed E-state index contributed by atoms with van der Waals surface area (Å²) in [5.74, 6) is 0. The van der Waals surface area contributed by atoms with Crippen LogP contribution in [0.5, 0.6) is 0 Å². The van der Waals surface area contributed by atoms with Crippen LogP contribution in [0.2, 0.25) is 0 Å². The minimum Gasteiger partial charge on any atom is -0.296 e. The number of aldehydes is 1. The van der Waals surface area contributed by atoms with E-state index in [9.17, 15) is 9.18 Å². The van der Waals surface area contributed by atoms with Crippen LogP contribution in [-0.4, -0.2) is 18.2 Å². The zero-order chi connectivity index (χ0) is 6.69. The third kappa shape index (κ3) is 1.22. The number of alkyl halides is 1. The molecule has 0 aliphatic carbocycles. The van der Waals surface area contributed by atoms with Crippen LogP contribution in [0.3, 0.4) is 0 Å². The van der Waals surface area contributed by atoms with Gasteiger partial charge in [-0.1, -0.05) is 6.08 Å². The summed E-state index contributed by atoms with van der Waals surface area (Å²) in [6.07, 6.45) is 2.58. The standard InChI is InChI=1S/C6H6FNO/c7-5-2-1-3-8-6(5)4-9/h1,3-5H,2H2. The summed E-state index contributed by atoms with van der Waals surface area (Å²) in [7, 11) is 0. The summed E-state index contributed by atoms with van der Waals surface area (Å²) in [5.41, 5.74) is -0.00231. The van der Waals surface area contributed by atoms with Crippen LogP contribution < -0.4 is 0 Å². The van der Waals surface area contributed by atoms with E-state index in [4.69, 9.17) is 0 Å². The van der Waals surface area contributed by atoms with Crippen molar-refractivity contribution >= 4 is 12.0 Å². The number of halogens is 1. The van der Waals surface area contributed by atoms with Gasteiger partial charge in [-0.2, -0.15) is 0 Å². The minimum atomic E-state index is -1.19. The molecule has 0 aromatic rings. The van der Waals surface area contributed by atoms with Gasteiger partial charge in [-0.15, -0.1) is 0 Å². The zero-order valence-corrected chi connectivity index (χ0v) is 4.75. The molecule has 2 nitrogen and oxygen atoms in total. The molecule has 3 heteroatoms. The van der Waals surface area contributed by atoms with Gasteiger partial charge in [-0.3, -0.25) is 9.79 Å². The molecule has 1 unspecified atom stereocenters.